The highest BCUT2D eigenvalue weighted by atomic mass is 14.5. The summed E-state index contributed by atoms with van der Waals surface area (Å²) in [4.78, 5) is 0. The minimum absolute atomic E-state index is 0.354. The Labute approximate surface area is 255 Å². The molecule has 2 atom stereocenters. The number of nitrogens with two attached hydrogens (primary N) is 1. The molecule has 2 unspecified atom stereocenters. The topological polar surface area (TPSA) is 26.0 Å². The van der Waals surface area contributed by atoms with Gasteiger partial charge in [0.15, 0.2) is 0 Å². The molecule has 7 rings (SSSR count). The summed E-state index contributed by atoms with van der Waals surface area (Å²) in [7, 11) is 0. The summed E-state index contributed by atoms with van der Waals surface area (Å²) in [6.45, 7) is 4.24. The van der Waals surface area contributed by atoms with Crippen LogP contribution < -0.4 is 5.73 Å². The summed E-state index contributed by atoms with van der Waals surface area (Å²) in [5.41, 5.74) is 20.3. The van der Waals surface area contributed by atoms with Crippen LogP contribution in [0, 0.1) is 12.8 Å². The van der Waals surface area contributed by atoms with Crippen molar-refractivity contribution in [2.75, 3.05) is 0 Å². The van der Waals surface area contributed by atoms with Crippen LogP contribution in [0.1, 0.15) is 59.1 Å². The van der Waals surface area contributed by atoms with E-state index in [2.05, 4.69) is 141 Å². The van der Waals surface area contributed by atoms with Crippen LogP contribution in [0.2, 0.25) is 0 Å². The van der Waals surface area contributed by atoms with E-state index in [9.17, 15) is 0 Å². The summed E-state index contributed by atoms with van der Waals surface area (Å²) in [6, 6.07) is 40.6. The van der Waals surface area contributed by atoms with E-state index in [1.807, 2.05) is 6.08 Å². The Kier molecular flexibility index (Phi) is 7.17. The highest BCUT2D eigenvalue weighted by molar-refractivity contribution is 6.07. The van der Waals surface area contributed by atoms with Gasteiger partial charge in [-0.1, -0.05) is 133 Å². The average molecular weight is 556 g/mol. The molecule has 2 N–H and O–H groups in total. The Hall–Kier alpha value is -4.88. The van der Waals surface area contributed by atoms with Gasteiger partial charge in [0, 0.05) is 5.92 Å². The van der Waals surface area contributed by atoms with E-state index in [1.165, 1.54) is 66.4 Å². The second-order valence-corrected chi connectivity index (χ2v) is 11.7. The molecule has 0 aliphatic heterocycles. The fraction of sp³-hybridized carbons (Fsp3) is 0.143. The molecule has 0 heterocycles. The van der Waals surface area contributed by atoms with Crippen molar-refractivity contribution >= 4 is 21.9 Å². The zero-order chi connectivity index (χ0) is 29.3. The third-order valence-electron chi connectivity index (χ3n) is 9.34. The number of aryl methyl sites for hydroxylation is 1. The Morgan fingerprint density at radius 1 is 0.721 bits per heavy atom. The third-order valence-corrected chi connectivity index (χ3v) is 9.34. The average Bonchev–Trinajstić information content (AvgIpc) is 3.06. The van der Waals surface area contributed by atoms with Gasteiger partial charge < -0.3 is 5.73 Å². The predicted octanol–water partition coefficient (Wildman–Crippen LogP) is 10.6. The fourth-order valence-electron chi connectivity index (χ4n) is 7.40. The molecule has 2 aliphatic carbocycles. The monoisotopic (exact) mass is 555 g/mol. The molecule has 0 aromatic heterocycles. The molecule has 0 amide bonds. The molecule has 43 heavy (non-hydrogen) atoms. The van der Waals surface area contributed by atoms with Crippen molar-refractivity contribution in [3.8, 4) is 11.1 Å². The number of rotatable bonds is 5. The zero-order valence-electron chi connectivity index (χ0n) is 24.9. The molecule has 5 aromatic rings. The van der Waals surface area contributed by atoms with Gasteiger partial charge in [-0.2, -0.15) is 0 Å². The third kappa shape index (κ3) is 4.66. The Morgan fingerprint density at radius 2 is 1.40 bits per heavy atom. The molecule has 5 aromatic carbocycles. The van der Waals surface area contributed by atoms with Gasteiger partial charge in [-0.15, -0.1) is 0 Å². The lowest BCUT2D eigenvalue weighted by Gasteiger charge is -2.39. The van der Waals surface area contributed by atoms with Crippen LogP contribution in [0.5, 0.6) is 0 Å². The standard InChI is InChI=1S/C42H37N/c1-3-29(26-27-43)31-12-4-5-13-32(31)35-24-25-40(34-15-7-6-14-33(34)35)42-38-18-10-8-16-36(38)41(30-22-20-28(2)21-23-30)37-17-9-11-19-39(37)42/h3-8,10-16,18-27,37,41H,9,17,43H2,1-2H3/b27-26-,29-3+. The molecule has 210 valence electrons. The van der Waals surface area contributed by atoms with Gasteiger partial charge in [0.1, 0.15) is 0 Å². The van der Waals surface area contributed by atoms with Crippen LogP contribution in [0.25, 0.3) is 33.0 Å². The summed E-state index contributed by atoms with van der Waals surface area (Å²) in [5.74, 6) is 0.796. The molecule has 1 heteroatoms. The summed E-state index contributed by atoms with van der Waals surface area (Å²) in [5, 5.41) is 2.55. The van der Waals surface area contributed by atoms with Gasteiger partial charge in [0.25, 0.3) is 0 Å². The van der Waals surface area contributed by atoms with E-state index >= 15 is 0 Å². The number of hydrogen-bond acceptors (Lipinski definition) is 1. The van der Waals surface area contributed by atoms with Crippen molar-refractivity contribution in [3.63, 3.8) is 0 Å². The van der Waals surface area contributed by atoms with E-state index in [-0.39, 0.29) is 0 Å². The summed E-state index contributed by atoms with van der Waals surface area (Å²) < 4.78 is 0. The molecule has 0 spiro atoms. The number of fused-ring (bicyclic) bond motifs is 3. The number of hydrogen-bond donors (Lipinski definition) is 1. The molecular formula is C42H37N. The largest absolute Gasteiger partial charge is 0.405 e. The maximum Gasteiger partial charge on any atom is 0.0164 e. The van der Waals surface area contributed by atoms with Gasteiger partial charge in [-0.25, -0.2) is 0 Å². The normalized spacial score (nSPS) is 18.2. The van der Waals surface area contributed by atoms with E-state index in [1.54, 1.807) is 6.20 Å². The Bertz CT molecular complexity index is 1950. The van der Waals surface area contributed by atoms with Gasteiger partial charge in [-0.3, -0.25) is 0 Å². The smallest absolute Gasteiger partial charge is 0.0164 e. The molecule has 0 saturated heterocycles. The lowest BCUT2D eigenvalue weighted by atomic mass is 9.64. The van der Waals surface area contributed by atoms with Crippen LogP contribution >= 0.6 is 0 Å². The highest BCUT2D eigenvalue weighted by Gasteiger charge is 2.37. The maximum atomic E-state index is 5.84. The fourth-order valence-corrected chi connectivity index (χ4v) is 7.40. The minimum atomic E-state index is 0.354. The van der Waals surface area contributed by atoms with Crippen molar-refractivity contribution < 1.29 is 0 Å². The molecule has 0 radical (unpaired) electrons. The molecule has 1 nitrogen and oxygen atoms in total. The second-order valence-electron chi connectivity index (χ2n) is 11.7. The molecule has 0 fully saturated rings. The number of benzene rings is 5. The van der Waals surface area contributed by atoms with E-state index in [4.69, 9.17) is 5.73 Å². The van der Waals surface area contributed by atoms with Gasteiger partial charge in [-0.05, 0) is 111 Å². The summed E-state index contributed by atoms with van der Waals surface area (Å²) >= 11 is 0. The quantitative estimate of drug-likeness (QED) is 0.215. The SMILES string of the molecule is C/C=C(\C=C/N)c1ccccc1-c1ccc(C2=C3C=CCCC3C(c3ccc(C)cc3)c3ccccc32)c2ccccc12. The first-order valence-corrected chi connectivity index (χ1v) is 15.4. The Morgan fingerprint density at radius 3 is 2.16 bits per heavy atom. The number of allylic oxidation sites excluding steroid dienone is 6. The van der Waals surface area contributed by atoms with Gasteiger partial charge in [0.2, 0.25) is 0 Å². The van der Waals surface area contributed by atoms with Gasteiger partial charge >= 0.3 is 0 Å². The molecule has 2 aliphatic rings. The molecule has 0 saturated carbocycles. The maximum absolute atomic E-state index is 5.84. The lowest BCUT2D eigenvalue weighted by Crippen LogP contribution is -2.24. The second kappa shape index (κ2) is 11.4. The molecular weight excluding hydrogens is 518 g/mol. The minimum Gasteiger partial charge on any atom is -0.405 e. The molecule has 0 bridgehead atoms. The predicted molar refractivity (Wildman–Crippen MR) is 184 cm³/mol. The first-order chi connectivity index (χ1) is 21.2. The van der Waals surface area contributed by atoms with Gasteiger partial charge in [0.05, 0.1) is 0 Å². The van der Waals surface area contributed by atoms with Crippen LogP contribution in [0.4, 0.5) is 0 Å². The van der Waals surface area contributed by atoms with Crippen molar-refractivity contribution in [1.82, 2.24) is 0 Å². The van der Waals surface area contributed by atoms with Crippen molar-refractivity contribution in [1.29, 1.82) is 0 Å². The summed E-state index contributed by atoms with van der Waals surface area (Å²) in [6.07, 6.45) is 12.8. The first kappa shape index (κ1) is 27.0. The van der Waals surface area contributed by atoms with E-state index in [0.717, 1.165) is 18.4 Å². The van der Waals surface area contributed by atoms with Crippen LogP contribution in [-0.4, -0.2) is 0 Å². The van der Waals surface area contributed by atoms with Crippen LogP contribution in [0.15, 0.2) is 145 Å². The Balaban J connectivity index is 1.47. The van der Waals surface area contributed by atoms with Crippen LogP contribution in [0.3, 0.4) is 0 Å². The van der Waals surface area contributed by atoms with Crippen molar-refractivity contribution in [3.05, 3.63) is 179 Å². The van der Waals surface area contributed by atoms with Crippen LogP contribution in [-0.2, 0) is 0 Å². The van der Waals surface area contributed by atoms with Crippen molar-refractivity contribution in [2.24, 2.45) is 11.7 Å². The van der Waals surface area contributed by atoms with E-state index < -0.39 is 0 Å². The zero-order valence-corrected chi connectivity index (χ0v) is 24.9. The van der Waals surface area contributed by atoms with E-state index in [0.29, 0.717) is 11.8 Å². The lowest BCUT2D eigenvalue weighted by molar-refractivity contribution is 0.496. The first-order valence-electron chi connectivity index (χ1n) is 15.4. The highest BCUT2D eigenvalue weighted by Crippen LogP contribution is 2.52. The van der Waals surface area contributed by atoms with Crippen molar-refractivity contribution in [2.45, 2.75) is 32.6 Å².